The number of carbonyl (C=O) groups is 1. The summed E-state index contributed by atoms with van der Waals surface area (Å²) in [6.07, 6.45) is 8.18. The second kappa shape index (κ2) is 7.34. The lowest BCUT2D eigenvalue weighted by Crippen LogP contribution is -2.52. The Bertz CT molecular complexity index is 994. The van der Waals surface area contributed by atoms with Gasteiger partial charge in [-0.25, -0.2) is 4.79 Å². The summed E-state index contributed by atoms with van der Waals surface area (Å²) in [7, 11) is 3.50. The molecule has 7 nitrogen and oxygen atoms in total. The van der Waals surface area contributed by atoms with Crippen LogP contribution in [0.1, 0.15) is 24.8 Å². The van der Waals surface area contributed by atoms with Gasteiger partial charge < -0.3 is 15.4 Å². The van der Waals surface area contributed by atoms with Gasteiger partial charge >= 0.3 is 6.03 Å². The maximum absolute atomic E-state index is 12.8. The van der Waals surface area contributed by atoms with E-state index in [4.69, 9.17) is 4.74 Å². The van der Waals surface area contributed by atoms with Crippen molar-refractivity contribution in [1.29, 1.82) is 0 Å². The molecule has 28 heavy (non-hydrogen) atoms. The topological polar surface area (TPSA) is 81.1 Å². The summed E-state index contributed by atoms with van der Waals surface area (Å²) in [6.45, 7) is 0. The van der Waals surface area contributed by atoms with Crippen LogP contribution in [-0.4, -0.2) is 27.9 Å². The van der Waals surface area contributed by atoms with Gasteiger partial charge in [0.1, 0.15) is 5.75 Å². The van der Waals surface area contributed by atoms with E-state index in [1.54, 1.807) is 30.3 Å². The summed E-state index contributed by atoms with van der Waals surface area (Å²) in [4.78, 5) is 17.2. The van der Waals surface area contributed by atoms with E-state index in [0.717, 1.165) is 36.1 Å². The smallest absolute Gasteiger partial charge is 0.320 e. The quantitative estimate of drug-likeness (QED) is 0.710. The van der Waals surface area contributed by atoms with Gasteiger partial charge in [0.25, 0.3) is 0 Å². The molecule has 7 heteroatoms. The van der Waals surface area contributed by atoms with Crippen molar-refractivity contribution in [3.05, 3.63) is 60.6 Å². The summed E-state index contributed by atoms with van der Waals surface area (Å²) in [5.41, 5.74) is 2.88. The minimum atomic E-state index is -0.366. The molecule has 3 aromatic rings. The largest absolute Gasteiger partial charge is 0.497 e. The number of nitrogens with zero attached hydrogens (tertiary/aromatic N) is 3. The number of benzene rings is 1. The summed E-state index contributed by atoms with van der Waals surface area (Å²) in [5, 5.41) is 10.3. The van der Waals surface area contributed by atoms with Crippen LogP contribution < -0.4 is 15.4 Å². The van der Waals surface area contributed by atoms with Crippen molar-refractivity contribution in [1.82, 2.24) is 20.1 Å². The molecule has 2 aromatic heterocycles. The fourth-order valence-corrected chi connectivity index (χ4v) is 3.59. The molecule has 1 aliphatic carbocycles. The highest BCUT2D eigenvalue weighted by Crippen LogP contribution is 2.42. The first kappa shape index (κ1) is 18.0. The number of aromatic nitrogens is 3. The number of hydrogen-bond donors (Lipinski definition) is 2. The van der Waals surface area contributed by atoms with Crippen molar-refractivity contribution >= 4 is 11.7 Å². The molecule has 2 heterocycles. The molecular weight excluding hydrogens is 354 g/mol. The van der Waals surface area contributed by atoms with Gasteiger partial charge in [0.2, 0.25) is 0 Å². The normalized spacial score (nSPS) is 14.8. The van der Waals surface area contributed by atoms with E-state index >= 15 is 0 Å². The Balaban J connectivity index is 1.54. The van der Waals surface area contributed by atoms with Crippen molar-refractivity contribution in [2.45, 2.75) is 24.8 Å². The maximum atomic E-state index is 12.8. The van der Waals surface area contributed by atoms with Gasteiger partial charge in [-0.1, -0.05) is 12.1 Å². The zero-order valence-corrected chi connectivity index (χ0v) is 16.0. The van der Waals surface area contributed by atoms with Crippen molar-refractivity contribution in [2.75, 3.05) is 12.4 Å². The molecule has 2 amide bonds. The molecule has 2 N–H and O–H groups in total. The lowest BCUT2D eigenvalue weighted by atomic mass is 9.72. The number of carbonyl (C=O) groups excluding carboxylic acids is 1. The highest BCUT2D eigenvalue weighted by molar-refractivity contribution is 5.93. The average Bonchev–Trinajstić information content (AvgIpc) is 3.11. The predicted molar refractivity (Wildman–Crippen MR) is 107 cm³/mol. The molecular formula is C21H23N5O2. The number of rotatable bonds is 5. The minimum Gasteiger partial charge on any atom is -0.497 e. The number of urea groups is 1. The first-order valence-electron chi connectivity index (χ1n) is 9.27. The molecule has 0 spiro atoms. The predicted octanol–water partition coefficient (Wildman–Crippen LogP) is 3.69. The molecule has 0 aliphatic heterocycles. The molecule has 0 unspecified atom stereocenters. The number of pyridine rings is 1. The molecule has 1 aliphatic rings. The van der Waals surface area contributed by atoms with Gasteiger partial charge in [-0.3, -0.25) is 9.67 Å². The van der Waals surface area contributed by atoms with Crippen molar-refractivity contribution in [3.63, 3.8) is 0 Å². The molecule has 144 valence electrons. The van der Waals surface area contributed by atoms with Gasteiger partial charge in [0, 0.05) is 25.0 Å². The SMILES string of the molecule is COc1cccc(C2(NC(=O)Nc3cccnc3-c3cnn(C)c3)CCC2)c1. The number of nitrogens with one attached hydrogen (secondary N) is 2. The van der Waals surface area contributed by atoms with Crippen molar-refractivity contribution < 1.29 is 9.53 Å². The fraction of sp³-hybridized carbons (Fsp3) is 0.286. The Kier molecular flexibility index (Phi) is 4.73. The molecule has 0 radical (unpaired) electrons. The molecule has 0 bridgehead atoms. The first-order chi connectivity index (χ1) is 13.6. The van der Waals surface area contributed by atoms with Crippen molar-refractivity contribution in [3.8, 4) is 17.0 Å². The lowest BCUT2D eigenvalue weighted by Gasteiger charge is -2.43. The minimum absolute atomic E-state index is 0.249. The van der Waals surface area contributed by atoms with E-state index in [1.807, 2.05) is 43.6 Å². The van der Waals surface area contributed by atoms with Crippen LogP contribution in [0, 0.1) is 0 Å². The Hall–Kier alpha value is -3.35. The Morgan fingerprint density at radius 1 is 1.25 bits per heavy atom. The van der Waals surface area contributed by atoms with Crippen LogP contribution in [-0.2, 0) is 12.6 Å². The second-order valence-corrected chi connectivity index (χ2v) is 7.05. The molecule has 1 aromatic carbocycles. The van der Waals surface area contributed by atoms with Crippen LogP contribution in [0.2, 0.25) is 0 Å². The highest BCUT2D eigenvalue weighted by Gasteiger charge is 2.40. The van der Waals surface area contributed by atoms with Gasteiger partial charge in [0.05, 0.1) is 30.2 Å². The number of ether oxygens (including phenoxy) is 1. The standard InChI is InChI=1S/C21H23N5O2/c1-26-14-15(13-23-26)19-18(8-4-11-22-19)24-20(27)25-21(9-5-10-21)16-6-3-7-17(12-16)28-2/h3-4,6-8,11-14H,5,9-10H2,1-2H3,(H2,24,25,27). The Morgan fingerprint density at radius 2 is 2.11 bits per heavy atom. The molecule has 0 atom stereocenters. The molecule has 4 rings (SSSR count). The van der Waals surface area contributed by atoms with Crippen LogP contribution in [0.15, 0.2) is 55.0 Å². The maximum Gasteiger partial charge on any atom is 0.320 e. The number of amides is 2. The summed E-state index contributed by atoms with van der Waals surface area (Å²) < 4.78 is 7.05. The second-order valence-electron chi connectivity index (χ2n) is 7.05. The lowest BCUT2D eigenvalue weighted by molar-refractivity contribution is 0.184. The van der Waals surface area contributed by atoms with E-state index in [0.29, 0.717) is 11.4 Å². The zero-order chi connectivity index (χ0) is 19.6. The van der Waals surface area contributed by atoms with Gasteiger partial charge in [-0.2, -0.15) is 5.10 Å². The van der Waals surface area contributed by atoms with Crippen LogP contribution >= 0.6 is 0 Å². The highest BCUT2D eigenvalue weighted by atomic mass is 16.5. The number of methoxy groups -OCH3 is 1. The van der Waals surface area contributed by atoms with Crippen LogP contribution in [0.5, 0.6) is 5.75 Å². The van der Waals surface area contributed by atoms with Gasteiger partial charge in [0.15, 0.2) is 0 Å². The van der Waals surface area contributed by atoms with E-state index in [1.165, 1.54) is 0 Å². The Labute approximate surface area is 163 Å². The van der Waals surface area contributed by atoms with E-state index < -0.39 is 0 Å². The number of hydrogen-bond acceptors (Lipinski definition) is 4. The van der Waals surface area contributed by atoms with Crippen LogP contribution in [0.3, 0.4) is 0 Å². The molecule has 1 saturated carbocycles. The summed E-state index contributed by atoms with van der Waals surface area (Å²) >= 11 is 0. The molecule has 1 fully saturated rings. The van der Waals surface area contributed by atoms with Gasteiger partial charge in [-0.15, -0.1) is 0 Å². The molecule has 0 saturated heterocycles. The van der Waals surface area contributed by atoms with E-state index in [9.17, 15) is 4.79 Å². The van der Waals surface area contributed by atoms with E-state index in [2.05, 4.69) is 20.7 Å². The zero-order valence-electron chi connectivity index (χ0n) is 16.0. The first-order valence-corrected chi connectivity index (χ1v) is 9.27. The third-order valence-electron chi connectivity index (χ3n) is 5.22. The van der Waals surface area contributed by atoms with Crippen LogP contribution in [0.25, 0.3) is 11.3 Å². The summed E-state index contributed by atoms with van der Waals surface area (Å²) in [5.74, 6) is 0.789. The number of aryl methyl sites for hydroxylation is 1. The monoisotopic (exact) mass is 377 g/mol. The average molecular weight is 377 g/mol. The van der Waals surface area contributed by atoms with Crippen molar-refractivity contribution in [2.24, 2.45) is 7.05 Å². The Morgan fingerprint density at radius 3 is 2.79 bits per heavy atom. The fourth-order valence-electron chi connectivity index (χ4n) is 3.59. The van der Waals surface area contributed by atoms with Crippen LogP contribution in [0.4, 0.5) is 10.5 Å². The number of anilines is 1. The van der Waals surface area contributed by atoms with Gasteiger partial charge in [-0.05, 0) is 49.1 Å². The third kappa shape index (κ3) is 3.43. The van der Waals surface area contributed by atoms with E-state index in [-0.39, 0.29) is 11.6 Å². The third-order valence-corrected chi connectivity index (χ3v) is 5.22. The summed E-state index contributed by atoms with van der Waals surface area (Å²) in [6, 6.07) is 11.3.